The number of aryl methyl sites for hydroxylation is 2. The van der Waals surface area contributed by atoms with E-state index < -0.39 is 0 Å². The zero-order valence-corrected chi connectivity index (χ0v) is 12.8. The van der Waals surface area contributed by atoms with E-state index >= 15 is 0 Å². The van der Waals surface area contributed by atoms with Gasteiger partial charge in [0.25, 0.3) is 0 Å². The van der Waals surface area contributed by atoms with Gasteiger partial charge < -0.3 is 5.11 Å². The smallest absolute Gasteiger partial charge is 0.164 e. The minimum Gasteiger partial charge on any atom is -0.504 e. The van der Waals surface area contributed by atoms with E-state index in [1.807, 2.05) is 16.8 Å². The molecule has 20 heavy (non-hydrogen) atoms. The summed E-state index contributed by atoms with van der Waals surface area (Å²) in [6.45, 7) is 9.31. The van der Waals surface area contributed by atoms with Gasteiger partial charge in [0, 0.05) is 12.1 Å². The molecule has 0 aliphatic heterocycles. The van der Waals surface area contributed by atoms with Crippen LogP contribution in [0.2, 0.25) is 0 Å². The number of hydrogen-bond donors (Lipinski definition) is 1. The Bertz CT molecular complexity index is 585. The summed E-state index contributed by atoms with van der Waals surface area (Å²) in [5.74, 6) is 0.831. The number of hydrogen-bond acceptors (Lipinski definition) is 2. The number of aromatic nitrogens is 2. The second-order valence-corrected chi connectivity index (χ2v) is 5.78. The summed E-state index contributed by atoms with van der Waals surface area (Å²) in [7, 11) is 0. The molecule has 108 valence electrons. The Morgan fingerprint density at radius 2 is 1.95 bits per heavy atom. The van der Waals surface area contributed by atoms with Crippen LogP contribution in [0.15, 0.2) is 24.3 Å². The van der Waals surface area contributed by atoms with Gasteiger partial charge in [-0.05, 0) is 31.2 Å². The molecule has 2 aromatic rings. The molecule has 3 nitrogen and oxygen atoms in total. The van der Waals surface area contributed by atoms with Crippen molar-refractivity contribution < 1.29 is 5.11 Å². The zero-order valence-electron chi connectivity index (χ0n) is 12.8. The lowest BCUT2D eigenvalue weighted by Crippen LogP contribution is -2.03. The molecule has 1 aromatic heterocycles. The molecule has 0 aliphatic rings. The average Bonchev–Trinajstić information content (AvgIpc) is 2.67. The molecule has 0 bridgehead atoms. The standard InChI is InChI=1S/C17H24N2O/c1-5-10-19-16(14-9-7-6-8-13(14)4)17(20)15(18-19)11-12(2)3/h6-9,12,20H,5,10-11H2,1-4H3. The van der Waals surface area contributed by atoms with Crippen molar-refractivity contribution in [3.05, 3.63) is 35.5 Å². The summed E-state index contributed by atoms with van der Waals surface area (Å²) in [5, 5.41) is 15.2. The third kappa shape index (κ3) is 2.87. The van der Waals surface area contributed by atoms with E-state index in [0.717, 1.165) is 41.9 Å². The Hall–Kier alpha value is -1.77. The van der Waals surface area contributed by atoms with Crippen molar-refractivity contribution in [3.63, 3.8) is 0 Å². The Labute approximate surface area is 121 Å². The molecule has 0 fully saturated rings. The van der Waals surface area contributed by atoms with Gasteiger partial charge in [0.05, 0.1) is 0 Å². The maximum atomic E-state index is 10.6. The van der Waals surface area contributed by atoms with Crippen LogP contribution >= 0.6 is 0 Å². The zero-order chi connectivity index (χ0) is 14.7. The first-order valence-corrected chi connectivity index (χ1v) is 7.39. The minimum absolute atomic E-state index is 0.349. The minimum atomic E-state index is 0.349. The second-order valence-electron chi connectivity index (χ2n) is 5.78. The van der Waals surface area contributed by atoms with Gasteiger partial charge in [0.15, 0.2) is 5.75 Å². The molecule has 0 unspecified atom stereocenters. The van der Waals surface area contributed by atoms with E-state index in [2.05, 4.69) is 44.9 Å². The van der Waals surface area contributed by atoms with Crippen molar-refractivity contribution in [2.45, 2.75) is 47.1 Å². The monoisotopic (exact) mass is 272 g/mol. The van der Waals surface area contributed by atoms with E-state index in [1.165, 1.54) is 0 Å². The molecule has 0 aliphatic carbocycles. The lowest BCUT2D eigenvalue weighted by Gasteiger charge is -2.09. The average molecular weight is 272 g/mol. The predicted molar refractivity (Wildman–Crippen MR) is 82.9 cm³/mol. The van der Waals surface area contributed by atoms with E-state index in [4.69, 9.17) is 0 Å². The molecular weight excluding hydrogens is 248 g/mol. The SMILES string of the molecule is CCCn1nc(CC(C)C)c(O)c1-c1ccccc1C. The Morgan fingerprint density at radius 3 is 2.55 bits per heavy atom. The van der Waals surface area contributed by atoms with Crippen molar-refractivity contribution in [1.82, 2.24) is 9.78 Å². The van der Waals surface area contributed by atoms with Crippen LogP contribution in [0.3, 0.4) is 0 Å². The maximum Gasteiger partial charge on any atom is 0.164 e. The summed E-state index contributed by atoms with van der Waals surface area (Å²) >= 11 is 0. The van der Waals surface area contributed by atoms with Gasteiger partial charge in [-0.15, -0.1) is 0 Å². The van der Waals surface area contributed by atoms with Gasteiger partial charge in [-0.3, -0.25) is 4.68 Å². The first-order chi connectivity index (χ1) is 9.54. The summed E-state index contributed by atoms with van der Waals surface area (Å²) in [4.78, 5) is 0. The maximum absolute atomic E-state index is 10.6. The van der Waals surface area contributed by atoms with Gasteiger partial charge in [-0.2, -0.15) is 5.10 Å². The fourth-order valence-corrected chi connectivity index (χ4v) is 2.50. The van der Waals surface area contributed by atoms with E-state index in [0.29, 0.717) is 11.7 Å². The molecule has 0 saturated carbocycles. The van der Waals surface area contributed by atoms with Crippen LogP contribution in [0.1, 0.15) is 38.4 Å². The first-order valence-electron chi connectivity index (χ1n) is 7.39. The highest BCUT2D eigenvalue weighted by Crippen LogP contribution is 2.35. The predicted octanol–water partition coefficient (Wildman–Crippen LogP) is 4.17. The summed E-state index contributed by atoms with van der Waals surface area (Å²) in [5.41, 5.74) is 3.91. The lowest BCUT2D eigenvalue weighted by molar-refractivity contribution is 0.464. The van der Waals surface area contributed by atoms with Gasteiger partial charge in [-0.1, -0.05) is 45.0 Å². The number of nitrogens with zero attached hydrogens (tertiary/aromatic N) is 2. The molecule has 1 heterocycles. The Kier molecular flexibility index (Phi) is 4.48. The van der Waals surface area contributed by atoms with Gasteiger partial charge in [0.1, 0.15) is 11.4 Å². The third-order valence-electron chi connectivity index (χ3n) is 3.43. The van der Waals surface area contributed by atoms with E-state index in [-0.39, 0.29) is 0 Å². The quantitative estimate of drug-likeness (QED) is 0.887. The fourth-order valence-electron chi connectivity index (χ4n) is 2.50. The molecule has 1 N–H and O–H groups in total. The van der Waals surface area contributed by atoms with Crippen LogP contribution in [0.4, 0.5) is 0 Å². The highest BCUT2D eigenvalue weighted by atomic mass is 16.3. The third-order valence-corrected chi connectivity index (χ3v) is 3.43. The van der Waals surface area contributed by atoms with Crippen molar-refractivity contribution >= 4 is 0 Å². The van der Waals surface area contributed by atoms with Crippen molar-refractivity contribution in [3.8, 4) is 17.0 Å². The van der Waals surface area contributed by atoms with Crippen LogP contribution in [0.25, 0.3) is 11.3 Å². The highest BCUT2D eigenvalue weighted by Gasteiger charge is 2.20. The molecule has 0 saturated heterocycles. The van der Waals surface area contributed by atoms with Crippen molar-refractivity contribution in [1.29, 1.82) is 0 Å². The van der Waals surface area contributed by atoms with Crippen LogP contribution in [-0.2, 0) is 13.0 Å². The molecule has 0 atom stereocenters. The Balaban J connectivity index is 2.55. The molecule has 1 aromatic carbocycles. The summed E-state index contributed by atoms with van der Waals surface area (Å²) in [6, 6.07) is 8.15. The lowest BCUT2D eigenvalue weighted by atomic mass is 10.0. The van der Waals surface area contributed by atoms with Gasteiger partial charge in [-0.25, -0.2) is 0 Å². The highest BCUT2D eigenvalue weighted by molar-refractivity contribution is 5.70. The van der Waals surface area contributed by atoms with Gasteiger partial charge in [0.2, 0.25) is 0 Å². The first kappa shape index (κ1) is 14.6. The molecule has 2 rings (SSSR count). The summed E-state index contributed by atoms with van der Waals surface area (Å²) < 4.78 is 1.95. The second kappa shape index (κ2) is 6.12. The Morgan fingerprint density at radius 1 is 1.25 bits per heavy atom. The largest absolute Gasteiger partial charge is 0.504 e. The number of benzene rings is 1. The molecule has 0 spiro atoms. The normalized spacial score (nSPS) is 11.2. The molecule has 0 amide bonds. The van der Waals surface area contributed by atoms with E-state index in [1.54, 1.807) is 0 Å². The molecule has 0 radical (unpaired) electrons. The molecule has 3 heteroatoms. The molecular formula is C17H24N2O. The number of rotatable bonds is 5. The number of aromatic hydroxyl groups is 1. The van der Waals surface area contributed by atoms with Crippen LogP contribution in [-0.4, -0.2) is 14.9 Å². The van der Waals surface area contributed by atoms with Crippen LogP contribution in [0.5, 0.6) is 5.75 Å². The van der Waals surface area contributed by atoms with Crippen LogP contribution in [0, 0.1) is 12.8 Å². The van der Waals surface area contributed by atoms with Crippen molar-refractivity contribution in [2.24, 2.45) is 5.92 Å². The topological polar surface area (TPSA) is 38.0 Å². The van der Waals surface area contributed by atoms with Crippen LogP contribution < -0.4 is 0 Å². The van der Waals surface area contributed by atoms with Crippen molar-refractivity contribution in [2.75, 3.05) is 0 Å². The summed E-state index contributed by atoms with van der Waals surface area (Å²) in [6.07, 6.45) is 1.81. The fraction of sp³-hybridized carbons (Fsp3) is 0.471. The van der Waals surface area contributed by atoms with E-state index in [9.17, 15) is 5.11 Å². The van der Waals surface area contributed by atoms with Gasteiger partial charge >= 0.3 is 0 Å².